The summed E-state index contributed by atoms with van der Waals surface area (Å²) in [5, 5.41) is 5.44. The molecule has 0 aliphatic heterocycles. The molecule has 0 fully saturated rings. The molecule has 0 unspecified atom stereocenters. The summed E-state index contributed by atoms with van der Waals surface area (Å²) in [4.78, 5) is 15.7. The molecule has 1 amide bonds. The number of terminal acetylenes is 1. The Morgan fingerprint density at radius 1 is 1.41 bits per heavy atom. The quantitative estimate of drug-likeness (QED) is 0.846. The van der Waals surface area contributed by atoms with Crippen LogP contribution in [0.4, 0.5) is 5.69 Å². The van der Waals surface area contributed by atoms with Gasteiger partial charge in [0, 0.05) is 16.1 Å². The molecular formula is C12H7ClN2OS. The zero-order chi connectivity index (χ0) is 12.3. The van der Waals surface area contributed by atoms with E-state index in [-0.39, 0.29) is 5.91 Å². The Bertz CT molecular complexity index is 583. The molecule has 3 nitrogen and oxygen atoms in total. The summed E-state index contributed by atoms with van der Waals surface area (Å²) in [5.74, 6) is 2.10. The molecule has 0 spiro atoms. The number of rotatable bonds is 2. The van der Waals surface area contributed by atoms with Gasteiger partial charge in [-0.2, -0.15) is 0 Å². The van der Waals surface area contributed by atoms with Gasteiger partial charge in [0.1, 0.15) is 5.69 Å². The fraction of sp³-hybridized carbons (Fsp3) is 0. The van der Waals surface area contributed by atoms with Crippen molar-refractivity contribution in [3.05, 3.63) is 45.4 Å². The van der Waals surface area contributed by atoms with Crippen LogP contribution in [0.3, 0.4) is 0 Å². The lowest BCUT2D eigenvalue weighted by Gasteiger charge is -2.02. The van der Waals surface area contributed by atoms with Gasteiger partial charge in [0.25, 0.3) is 5.91 Å². The predicted molar refractivity (Wildman–Crippen MR) is 69.5 cm³/mol. The zero-order valence-electron chi connectivity index (χ0n) is 8.61. The third-order valence-electron chi connectivity index (χ3n) is 1.96. The second kappa shape index (κ2) is 5.00. The minimum absolute atomic E-state index is 0.287. The summed E-state index contributed by atoms with van der Waals surface area (Å²) in [5.41, 5.74) is 0.979. The van der Waals surface area contributed by atoms with Crippen LogP contribution in [-0.4, -0.2) is 10.9 Å². The predicted octanol–water partition coefficient (Wildman–Crippen LogP) is 3.03. The third-order valence-corrected chi connectivity index (χ3v) is 2.99. The maximum Gasteiger partial charge on any atom is 0.275 e. The number of nitrogens with one attached hydrogen (secondary N) is 1. The molecule has 0 radical (unpaired) electrons. The number of carbonyl (C=O) groups is 1. The highest BCUT2D eigenvalue weighted by Gasteiger charge is 2.09. The minimum Gasteiger partial charge on any atom is -0.321 e. The van der Waals surface area contributed by atoms with Crippen molar-refractivity contribution in [2.24, 2.45) is 0 Å². The zero-order valence-corrected chi connectivity index (χ0v) is 10.2. The van der Waals surface area contributed by atoms with E-state index in [1.165, 1.54) is 11.3 Å². The third kappa shape index (κ3) is 2.84. The Morgan fingerprint density at radius 2 is 2.12 bits per heavy atom. The van der Waals surface area contributed by atoms with E-state index in [1.54, 1.807) is 29.6 Å². The Kier molecular flexibility index (Phi) is 3.43. The molecule has 0 bridgehead atoms. The first kappa shape index (κ1) is 11.6. The van der Waals surface area contributed by atoms with Crippen molar-refractivity contribution in [2.45, 2.75) is 0 Å². The molecule has 1 aromatic heterocycles. The van der Waals surface area contributed by atoms with Gasteiger partial charge in [-0.3, -0.25) is 4.79 Å². The molecule has 17 heavy (non-hydrogen) atoms. The number of thiazole rings is 1. The first-order valence-corrected chi connectivity index (χ1v) is 5.94. The van der Waals surface area contributed by atoms with Crippen molar-refractivity contribution >= 4 is 34.5 Å². The highest BCUT2D eigenvalue weighted by molar-refractivity contribution is 7.10. The first-order valence-electron chi connectivity index (χ1n) is 4.68. The Morgan fingerprint density at radius 3 is 2.71 bits per heavy atom. The van der Waals surface area contributed by atoms with Gasteiger partial charge in [-0.1, -0.05) is 11.6 Å². The van der Waals surface area contributed by atoms with Gasteiger partial charge in [0.2, 0.25) is 0 Å². The molecule has 0 saturated heterocycles. The summed E-state index contributed by atoms with van der Waals surface area (Å²) in [7, 11) is 0. The van der Waals surface area contributed by atoms with Gasteiger partial charge in [-0.15, -0.1) is 17.8 Å². The van der Waals surface area contributed by atoms with E-state index >= 15 is 0 Å². The maximum absolute atomic E-state index is 11.8. The van der Waals surface area contributed by atoms with Gasteiger partial charge in [0.05, 0.1) is 0 Å². The molecule has 1 heterocycles. The standard InChI is InChI=1S/C12H7ClN2OS/c1-2-11-15-10(7-17-11)12(16)14-9-5-3-8(13)4-6-9/h1,3-7H,(H,14,16). The molecule has 84 valence electrons. The first-order chi connectivity index (χ1) is 8.19. The van der Waals surface area contributed by atoms with E-state index in [2.05, 4.69) is 16.2 Å². The minimum atomic E-state index is -0.287. The topological polar surface area (TPSA) is 42.0 Å². The number of hydrogen-bond acceptors (Lipinski definition) is 3. The molecule has 2 rings (SSSR count). The summed E-state index contributed by atoms with van der Waals surface area (Å²) >= 11 is 7.00. The van der Waals surface area contributed by atoms with Crippen LogP contribution in [0, 0.1) is 12.3 Å². The smallest absolute Gasteiger partial charge is 0.275 e. The summed E-state index contributed by atoms with van der Waals surface area (Å²) in [6.45, 7) is 0. The lowest BCUT2D eigenvalue weighted by Crippen LogP contribution is -2.12. The van der Waals surface area contributed by atoms with Gasteiger partial charge >= 0.3 is 0 Å². The van der Waals surface area contributed by atoms with Crippen molar-refractivity contribution < 1.29 is 4.79 Å². The average molecular weight is 263 g/mol. The van der Waals surface area contributed by atoms with Crippen LogP contribution in [0.5, 0.6) is 0 Å². The highest BCUT2D eigenvalue weighted by atomic mass is 35.5. The Hall–Kier alpha value is -1.83. The van der Waals surface area contributed by atoms with Gasteiger partial charge in [-0.05, 0) is 30.2 Å². The summed E-state index contributed by atoms with van der Waals surface area (Å²) in [6, 6.07) is 6.83. The molecule has 0 aliphatic rings. The molecule has 0 aliphatic carbocycles. The van der Waals surface area contributed by atoms with Crippen LogP contribution in [0.25, 0.3) is 0 Å². The van der Waals surface area contributed by atoms with Gasteiger partial charge in [-0.25, -0.2) is 4.98 Å². The van der Waals surface area contributed by atoms with Crippen molar-refractivity contribution in [1.29, 1.82) is 0 Å². The fourth-order valence-corrected chi connectivity index (χ4v) is 1.90. The summed E-state index contributed by atoms with van der Waals surface area (Å²) < 4.78 is 0. The van der Waals surface area contributed by atoms with Crippen molar-refractivity contribution in [1.82, 2.24) is 4.98 Å². The Balaban J connectivity index is 2.12. The number of carbonyl (C=O) groups excluding carboxylic acids is 1. The van der Waals surface area contributed by atoms with Crippen LogP contribution in [0.15, 0.2) is 29.6 Å². The largest absolute Gasteiger partial charge is 0.321 e. The lowest BCUT2D eigenvalue weighted by molar-refractivity contribution is 0.102. The monoisotopic (exact) mass is 262 g/mol. The van der Waals surface area contributed by atoms with Crippen LogP contribution < -0.4 is 5.32 Å². The van der Waals surface area contributed by atoms with Crippen LogP contribution in [0.1, 0.15) is 15.5 Å². The number of amides is 1. The number of halogens is 1. The van der Waals surface area contributed by atoms with E-state index in [0.29, 0.717) is 21.4 Å². The normalized spacial score (nSPS) is 9.65. The van der Waals surface area contributed by atoms with Crippen molar-refractivity contribution in [3.8, 4) is 12.3 Å². The number of aromatic nitrogens is 1. The lowest BCUT2D eigenvalue weighted by atomic mass is 10.3. The second-order valence-electron chi connectivity index (χ2n) is 3.14. The Labute approximate surface area is 107 Å². The van der Waals surface area contributed by atoms with Crippen LogP contribution in [0.2, 0.25) is 5.02 Å². The van der Waals surface area contributed by atoms with Gasteiger partial charge < -0.3 is 5.32 Å². The molecular weight excluding hydrogens is 256 g/mol. The van der Waals surface area contributed by atoms with E-state index in [1.807, 2.05) is 0 Å². The molecule has 2 aromatic rings. The number of benzene rings is 1. The van der Waals surface area contributed by atoms with Crippen molar-refractivity contribution in [3.63, 3.8) is 0 Å². The van der Waals surface area contributed by atoms with E-state index in [4.69, 9.17) is 18.0 Å². The molecule has 1 N–H and O–H groups in total. The highest BCUT2D eigenvalue weighted by Crippen LogP contribution is 2.15. The fourth-order valence-electron chi connectivity index (χ4n) is 1.17. The second-order valence-corrected chi connectivity index (χ2v) is 4.44. The van der Waals surface area contributed by atoms with Crippen molar-refractivity contribution in [2.75, 3.05) is 5.32 Å². The average Bonchev–Trinajstić information content (AvgIpc) is 2.81. The molecule has 5 heteroatoms. The molecule has 0 atom stereocenters. The van der Waals surface area contributed by atoms with Crippen LogP contribution >= 0.6 is 22.9 Å². The van der Waals surface area contributed by atoms with E-state index in [9.17, 15) is 4.79 Å². The van der Waals surface area contributed by atoms with Crippen LogP contribution in [-0.2, 0) is 0 Å². The number of anilines is 1. The maximum atomic E-state index is 11.8. The number of nitrogens with zero attached hydrogens (tertiary/aromatic N) is 1. The number of hydrogen-bond donors (Lipinski definition) is 1. The molecule has 1 aromatic carbocycles. The van der Waals surface area contributed by atoms with E-state index in [0.717, 1.165) is 0 Å². The SMILES string of the molecule is C#Cc1nc(C(=O)Nc2ccc(Cl)cc2)cs1. The summed E-state index contributed by atoms with van der Waals surface area (Å²) in [6.07, 6.45) is 5.18. The van der Waals surface area contributed by atoms with E-state index < -0.39 is 0 Å². The molecule has 0 saturated carbocycles. The van der Waals surface area contributed by atoms with Gasteiger partial charge in [0.15, 0.2) is 5.01 Å².